The molecule has 2 N–H and O–H groups in total. The number of carbonyl (C=O) groups is 2. The van der Waals surface area contributed by atoms with Crippen LogP contribution in [-0.4, -0.2) is 28.4 Å². The summed E-state index contributed by atoms with van der Waals surface area (Å²) >= 11 is 6.52. The van der Waals surface area contributed by atoms with Gasteiger partial charge in [-0.05, 0) is 60.6 Å². The Hall–Kier alpha value is -2.51. The van der Waals surface area contributed by atoms with Gasteiger partial charge in [-0.15, -0.1) is 11.3 Å². The summed E-state index contributed by atoms with van der Waals surface area (Å²) in [5.74, 6) is -0.106. The maximum absolute atomic E-state index is 12.2. The molecule has 1 aromatic heterocycles. The highest BCUT2D eigenvalue weighted by Crippen LogP contribution is 2.33. The molecule has 25 heavy (non-hydrogen) atoms. The maximum Gasteiger partial charge on any atom is 0.273 e. The Morgan fingerprint density at radius 3 is 2.80 bits per heavy atom. The molecule has 0 unspecified atom stereocenters. The van der Waals surface area contributed by atoms with Crippen molar-refractivity contribution in [3.05, 3.63) is 52.0 Å². The number of benzene rings is 1. The number of nitrogens with zero attached hydrogens (tertiary/aromatic N) is 1. The van der Waals surface area contributed by atoms with E-state index in [0.717, 1.165) is 33.0 Å². The molecule has 0 atom stereocenters. The van der Waals surface area contributed by atoms with Crippen molar-refractivity contribution in [3.8, 4) is 10.4 Å². The van der Waals surface area contributed by atoms with Gasteiger partial charge in [0.25, 0.3) is 11.8 Å². The zero-order chi connectivity index (χ0) is 17.6. The fraction of sp³-hybridized carbons (Fsp3) is 0.167. The average Bonchev–Trinajstić information content (AvgIpc) is 3.26. The smallest absolute Gasteiger partial charge is 0.273 e. The van der Waals surface area contributed by atoms with Crippen molar-refractivity contribution in [2.75, 3.05) is 6.54 Å². The molecule has 2 aliphatic rings. The van der Waals surface area contributed by atoms with Crippen molar-refractivity contribution in [2.45, 2.75) is 13.5 Å². The number of carbonyl (C=O) groups excluding carboxylic acids is 2. The zero-order valence-corrected chi connectivity index (χ0v) is 15.1. The fourth-order valence-corrected chi connectivity index (χ4v) is 4.15. The Bertz CT molecular complexity index is 946. The average molecular weight is 369 g/mol. The summed E-state index contributed by atoms with van der Waals surface area (Å²) in [4.78, 5) is 27.8. The highest BCUT2D eigenvalue weighted by molar-refractivity contribution is 7.80. The molecule has 2 aliphatic heterocycles. The first-order valence-electron chi connectivity index (χ1n) is 7.91. The van der Waals surface area contributed by atoms with Crippen LogP contribution in [0.4, 0.5) is 0 Å². The van der Waals surface area contributed by atoms with Gasteiger partial charge in [0.05, 0.1) is 0 Å². The van der Waals surface area contributed by atoms with E-state index in [-0.39, 0.29) is 11.8 Å². The van der Waals surface area contributed by atoms with E-state index in [1.54, 1.807) is 17.4 Å². The first-order chi connectivity index (χ1) is 12.0. The minimum atomic E-state index is -0.212. The molecule has 4 rings (SSSR count). The van der Waals surface area contributed by atoms with Crippen LogP contribution in [0.25, 0.3) is 16.5 Å². The van der Waals surface area contributed by atoms with Gasteiger partial charge in [-0.2, -0.15) is 0 Å². The normalized spacial score (nSPS) is 17.9. The Morgan fingerprint density at radius 2 is 2.08 bits per heavy atom. The highest BCUT2D eigenvalue weighted by atomic mass is 32.1. The van der Waals surface area contributed by atoms with Crippen molar-refractivity contribution in [1.82, 2.24) is 15.5 Å². The van der Waals surface area contributed by atoms with Crippen LogP contribution in [0.1, 0.15) is 27.7 Å². The molecule has 0 aliphatic carbocycles. The second kappa shape index (κ2) is 6.09. The van der Waals surface area contributed by atoms with Gasteiger partial charge in [-0.3, -0.25) is 14.9 Å². The molecule has 0 spiro atoms. The molecule has 2 amide bonds. The van der Waals surface area contributed by atoms with E-state index < -0.39 is 0 Å². The molecular formula is C18H15N3O2S2. The molecule has 1 aromatic carbocycles. The van der Waals surface area contributed by atoms with E-state index in [2.05, 4.69) is 16.7 Å². The van der Waals surface area contributed by atoms with Crippen LogP contribution in [-0.2, 0) is 11.3 Å². The largest absolute Gasteiger partial charge is 0.335 e. The Labute approximate surface area is 154 Å². The number of fused-ring (bicyclic) bond motifs is 1. The first-order valence-corrected chi connectivity index (χ1v) is 9.14. The Balaban J connectivity index is 1.62. The zero-order valence-electron chi connectivity index (χ0n) is 13.5. The second-order valence-corrected chi connectivity index (χ2v) is 7.38. The third kappa shape index (κ3) is 2.85. The molecular weight excluding hydrogens is 354 g/mol. The van der Waals surface area contributed by atoms with Gasteiger partial charge >= 0.3 is 0 Å². The molecule has 5 nitrogen and oxygen atoms in total. The van der Waals surface area contributed by atoms with Crippen molar-refractivity contribution in [3.63, 3.8) is 0 Å². The summed E-state index contributed by atoms with van der Waals surface area (Å²) in [6.45, 7) is 3.38. The molecule has 1 saturated heterocycles. The molecule has 126 valence electrons. The summed E-state index contributed by atoms with van der Waals surface area (Å²) in [6.07, 6.45) is 1.79. The summed E-state index contributed by atoms with van der Waals surface area (Å²) in [7, 11) is 0. The Morgan fingerprint density at radius 1 is 1.24 bits per heavy atom. The van der Waals surface area contributed by atoms with Gasteiger partial charge in [0.2, 0.25) is 0 Å². The van der Waals surface area contributed by atoms with E-state index in [1.807, 2.05) is 36.1 Å². The molecule has 7 heteroatoms. The predicted octanol–water partition coefficient (Wildman–Crippen LogP) is 2.74. The van der Waals surface area contributed by atoms with Crippen LogP contribution in [0.3, 0.4) is 0 Å². The van der Waals surface area contributed by atoms with E-state index >= 15 is 0 Å². The number of hydrogen-bond acceptors (Lipinski definition) is 4. The summed E-state index contributed by atoms with van der Waals surface area (Å²) in [6, 6.07) is 9.97. The maximum atomic E-state index is 12.2. The topological polar surface area (TPSA) is 61.4 Å². The lowest BCUT2D eigenvalue weighted by atomic mass is 10.1. The molecule has 0 saturated carbocycles. The van der Waals surface area contributed by atoms with Crippen LogP contribution < -0.4 is 10.6 Å². The standard InChI is InChI=1S/C18H15N3O2S2/c1-2-21-9-11-7-10(3-5-13(11)17(21)23)15-6-4-12(25-15)8-14-16(22)20-18(24)19-14/h3-8H,2,9H2,1H3,(H2,19,20,22,24)/b14-8+. The number of nitrogens with one attached hydrogen (secondary N) is 2. The van der Waals surface area contributed by atoms with Gasteiger partial charge < -0.3 is 10.2 Å². The minimum absolute atomic E-state index is 0.106. The van der Waals surface area contributed by atoms with Crippen LogP contribution in [0.5, 0.6) is 0 Å². The van der Waals surface area contributed by atoms with E-state index in [9.17, 15) is 9.59 Å². The van der Waals surface area contributed by atoms with Crippen LogP contribution in [0, 0.1) is 0 Å². The van der Waals surface area contributed by atoms with Gasteiger partial charge in [0.1, 0.15) is 5.70 Å². The lowest BCUT2D eigenvalue weighted by Gasteiger charge is -2.10. The Kier molecular flexibility index (Phi) is 3.89. The molecule has 2 aromatic rings. The van der Waals surface area contributed by atoms with Gasteiger partial charge in [0.15, 0.2) is 5.11 Å². The number of hydrogen-bond donors (Lipinski definition) is 2. The SMILES string of the molecule is CCN1Cc2cc(-c3ccc(/C=C4/NC(=S)NC4=O)s3)ccc2C1=O. The van der Waals surface area contributed by atoms with E-state index in [4.69, 9.17) is 12.2 Å². The van der Waals surface area contributed by atoms with Gasteiger partial charge in [-0.25, -0.2) is 0 Å². The lowest BCUT2D eigenvalue weighted by Crippen LogP contribution is -2.22. The third-order valence-electron chi connectivity index (χ3n) is 4.28. The van der Waals surface area contributed by atoms with E-state index in [1.165, 1.54) is 0 Å². The summed E-state index contributed by atoms with van der Waals surface area (Å²) in [5, 5.41) is 5.73. The van der Waals surface area contributed by atoms with Crippen LogP contribution in [0.15, 0.2) is 36.0 Å². The number of thiocarbonyl (C=S) groups is 1. The summed E-state index contributed by atoms with van der Waals surface area (Å²) in [5.41, 5.74) is 3.40. The quantitative estimate of drug-likeness (QED) is 0.645. The number of thiophene rings is 1. The van der Waals surface area contributed by atoms with Crippen molar-refractivity contribution < 1.29 is 9.59 Å². The van der Waals surface area contributed by atoms with Crippen molar-refractivity contribution in [2.24, 2.45) is 0 Å². The predicted molar refractivity (Wildman–Crippen MR) is 102 cm³/mol. The number of amides is 2. The van der Waals surface area contributed by atoms with Crippen molar-refractivity contribution in [1.29, 1.82) is 0 Å². The molecule has 1 fully saturated rings. The lowest BCUT2D eigenvalue weighted by molar-refractivity contribution is -0.115. The van der Waals surface area contributed by atoms with Crippen LogP contribution in [0.2, 0.25) is 0 Å². The minimum Gasteiger partial charge on any atom is -0.335 e. The van der Waals surface area contributed by atoms with Gasteiger partial charge in [0, 0.05) is 28.4 Å². The van der Waals surface area contributed by atoms with Crippen molar-refractivity contribution >= 4 is 46.6 Å². The monoisotopic (exact) mass is 369 g/mol. The summed E-state index contributed by atoms with van der Waals surface area (Å²) < 4.78 is 0. The second-order valence-electron chi connectivity index (χ2n) is 5.86. The third-order valence-corrected chi connectivity index (χ3v) is 5.57. The molecule has 0 radical (unpaired) electrons. The fourth-order valence-electron chi connectivity index (χ4n) is 3.00. The number of rotatable bonds is 3. The molecule has 3 heterocycles. The van der Waals surface area contributed by atoms with Gasteiger partial charge in [-0.1, -0.05) is 6.07 Å². The first kappa shape index (κ1) is 16.0. The van der Waals surface area contributed by atoms with Crippen LogP contribution >= 0.6 is 23.6 Å². The van der Waals surface area contributed by atoms with E-state index in [0.29, 0.717) is 17.4 Å². The highest BCUT2D eigenvalue weighted by Gasteiger charge is 2.26. The molecule has 0 bridgehead atoms.